The van der Waals surface area contributed by atoms with Crippen LogP contribution >= 0.6 is 0 Å². The van der Waals surface area contributed by atoms with Crippen LogP contribution < -0.4 is 14.4 Å². The van der Waals surface area contributed by atoms with Gasteiger partial charge in [-0.15, -0.1) is 13.2 Å². The number of anilines is 2. The number of alkyl halides is 3. The summed E-state index contributed by atoms with van der Waals surface area (Å²) in [6.45, 7) is 2.80. The maximum absolute atomic E-state index is 12.7. The first kappa shape index (κ1) is 23.9. The van der Waals surface area contributed by atoms with E-state index in [0.717, 1.165) is 40.9 Å². The van der Waals surface area contributed by atoms with Crippen LogP contribution in [0.4, 0.5) is 30.2 Å². The van der Waals surface area contributed by atoms with Crippen LogP contribution in [-0.2, 0) is 14.8 Å². The molecule has 31 heavy (non-hydrogen) atoms. The minimum absolute atomic E-state index is 0.0479. The highest BCUT2D eigenvalue weighted by Crippen LogP contribution is 2.30. The van der Waals surface area contributed by atoms with Crippen LogP contribution in [-0.4, -0.2) is 37.9 Å². The van der Waals surface area contributed by atoms with Crippen molar-refractivity contribution in [2.45, 2.75) is 26.3 Å². The lowest BCUT2D eigenvalue weighted by Crippen LogP contribution is -2.45. The predicted molar refractivity (Wildman–Crippen MR) is 106 cm³/mol. The number of carbonyl (C=O) groups excluding carboxylic acids is 1. The van der Waals surface area contributed by atoms with Gasteiger partial charge in [-0.05, 0) is 43.7 Å². The lowest BCUT2D eigenvalue weighted by Gasteiger charge is -2.29. The van der Waals surface area contributed by atoms with Gasteiger partial charge in [0.2, 0.25) is 15.9 Å². The van der Waals surface area contributed by atoms with E-state index >= 15 is 0 Å². The molecule has 0 spiro atoms. The summed E-state index contributed by atoms with van der Waals surface area (Å²) in [5, 5.41) is 13.5. The largest absolute Gasteiger partial charge is 0.573 e. The zero-order valence-electron chi connectivity index (χ0n) is 16.5. The number of nitro benzene ring substituents is 1. The topological polar surface area (TPSA) is 119 Å². The summed E-state index contributed by atoms with van der Waals surface area (Å²) in [5.74, 6) is -1.30. The molecule has 1 amide bonds. The third-order valence-corrected chi connectivity index (χ3v) is 5.31. The average molecular weight is 461 g/mol. The maximum Gasteiger partial charge on any atom is 0.573 e. The molecule has 1 atom stereocenters. The normalized spacial score (nSPS) is 12.7. The van der Waals surface area contributed by atoms with E-state index in [1.54, 1.807) is 0 Å². The first-order chi connectivity index (χ1) is 14.2. The number of aryl methyl sites for hydroxylation is 1. The van der Waals surface area contributed by atoms with Crippen LogP contribution in [0, 0.1) is 17.0 Å². The van der Waals surface area contributed by atoms with E-state index in [1.807, 2.05) is 0 Å². The van der Waals surface area contributed by atoms with Crippen molar-refractivity contribution < 1.29 is 36.0 Å². The second-order valence-electron chi connectivity index (χ2n) is 6.52. The van der Waals surface area contributed by atoms with Gasteiger partial charge >= 0.3 is 6.36 Å². The molecule has 1 unspecified atom stereocenters. The number of nitrogens with one attached hydrogen (secondary N) is 1. The molecule has 0 aliphatic carbocycles. The predicted octanol–water partition coefficient (Wildman–Crippen LogP) is 3.60. The summed E-state index contributed by atoms with van der Waals surface area (Å²) in [5.41, 5.74) is 0.0651. The minimum atomic E-state index is -4.87. The Bertz CT molecular complexity index is 1090. The van der Waals surface area contributed by atoms with Gasteiger partial charge in [-0.3, -0.25) is 19.2 Å². The number of sulfonamides is 1. The van der Waals surface area contributed by atoms with E-state index in [2.05, 4.69) is 10.1 Å². The van der Waals surface area contributed by atoms with Crippen molar-refractivity contribution >= 4 is 33.0 Å². The molecular formula is C18H18F3N3O6S. The Labute approximate surface area is 175 Å². The molecule has 0 aliphatic heterocycles. The van der Waals surface area contributed by atoms with Crippen molar-refractivity contribution in [3.63, 3.8) is 0 Å². The van der Waals surface area contributed by atoms with Crippen molar-refractivity contribution in [1.29, 1.82) is 0 Å². The van der Waals surface area contributed by atoms with Crippen LogP contribution in [0.15, 0.2) is 42.5 Å². The zero-order valence-corrected chi connectivity index (χ0v) is 17.3. The molecule has 9 nitrogen and oxygen atoms in total. The number of nitrogens with zero attached hydrogens (tertiary/aromatic N) is 2. The second-order valence-corrected chi connectivity index (χ2v) is 8.38. The molecule has 168 valence electrons. The number of nitro groups is 1. The fourth-order valence-electron chi connectivity index (χ4n) is 2.72. The second kappa shape index (κ2) is 8.79. The van der Waals surface area contributed by atoms with E-state index in [1.165, 1.54) is 26.0 Å². The van der Waals surface area contributed by atoms with Gasteiger partial charge < -0.3 is 10.1 Å². The van der Waals surface area contributed by atoms with E-state index < -0.39 is 39.0 Å². The number of hydrogen-bond acceptors (Lipinski definition) is 6. The number of amides is 1. The standard InChI is InChI=1S/C18H18F3N3O6S/c1-11-4-7-14(24(26)27)10-16(11)23(31(3,28)29)12(2)17(25)22-13-5-8-15(9-6-13)30-18(19,20)21/h4-10,12H,1-3H3,(H,22,25). The molecule has 2 aromatic carbocycles. The Balaban J connectivity index is 2.31. The van der Waals surface area contributed by atoms with Gasteiger partial charge in [0.25, 0.3) is 5.69 Å². The molecule has 0 fully saturated rings. The summed E-state index contributed by atoms with van der Waals surface area (Å²) < 4.78 is 66.0. The summed E-state index contributed by atoms with van der Waals surface area (Å²) in [6.07, 6.45) is -4.02. The highest BCUT2D eigenvalue weighted by Gasteiger charge is 2.32. The molecular weight excluding hydrogens is 443 g/mol. The third-order valence-electron chi connectivity index (χ3n) is 4.08. The molecule has 1 N–H and O–H groups in total. The monoisotopic (exact) mass is 461 g/mol. The van der Waals surface area contributed by atoms with E-state index in [0.29, 0.717) is 5.56 Å². The number of non-ortho nitro benzene ring substituents is 1. The third kappa shape index (κ3) is 6.31. The fourth-order valence-corrected chi connectivity index (χ4v) is 3.94. The number of benzene rings is 2. The van der Waals surface area contributed by atoms with Crippen LogP contribution in [0.25, 0.3) is 0 Å². The number of halogens is 3. The SMILES string of the molecule is Cc1ccc([N+](=O)[O-])cc1N(C(C)C(=O)Nc1ccc(OC(F)(F)F)cc1)S(C)(=O)=O. The highest BCUT2D eigenvalue weighted by molar-refractivity contribution is 7.92. The van der Waals surface area contributed by atoms with Gasteiger partial charge in [-0.25, -0.2) is 8.42 Å². The Morgan fingerprint density at radius 3 is 2.26 bits per heavy atom. The van der Waals surface area contributed by atoms with Crippen molar-refractivity contribution in [2.24, 2.45) is 0 Å². The molecule has 0 radical (unpaired) electrons. The van der Waals surface area contributed by atoms with Crippen LogP contribution in [0.3, 0.4) is 0 Å². The summed E-state index contributed by atoms with van der Waals surface area (Å²) in [4.78, 5) is 23.0. The number of ether oxygens (including phenoxy) is 1. The average Bonchev–Trinajstić information content (AvgIpc) is 2.62. The van der Waals surface area contributed by atoms with Gasteiger partial charge in [0.15, 0.2) is 0 Å². The van der Waals surface area contributed by atoms with Crippen molar-refractivity contribution in [3.8, 4) is 5.75 Å². The smallest absolute Gasteiger partial charge is 0.406 e. The Hall–Kier alpha value is -3.35. The Kier molecular flexibility index (Phi) is 6.79. The molecule has 13 heteroatoms. The van der Waals surface area contributed by atoms with Crippen molar-refractivity contribution in [3.05, 3.63) is 58.1 Å². The first-order valence-corrected chi connectivity index (χ1v) is 10.4. The number of rotatable bonds is 7. The highest BCUT2D eigenvalue weighted by atomic mass is 32.2. The van der Waals surface area contributed by atoms with E-state index in [-0.39, 0.29) is 17.1 Å². The van der Waals surface area contributed by atoms with E-state index in [9.17, 15) is 36.5 Å². The lowest BCUT2D eigenvalue weighted by molar-refractivity contribution is -0.384. The maximum atomic E-state index is 12.7. The van der Waals surface area contributed by atoms with Gasteiger partial charge in [0.1, 0.15) is 11.8 Å². The molecule has 0 heterocycles. The van der Waals surface area contributed by atoms with Crippen molar-refractivity contribution in [1.82, 2.24) is 0 Å². The summed E-state index contributed by atoms with van der Waals surface area (Å²) in [6, 6.07) is 6.53. The van der Waals surface area contributed by atoms with Gasteiger partial charge in [-0.1, -0.05) is 6.07 Å². The lowest BCUT2D eigenvalue weighted by atomic mass is 10.1. The number of carbonyl (C=O) groups is 1. The van der Waals surface area contributed by atoms with Crippen LogP contribution in [0.2, 0.25) is 0 Å². The van der Waals surface area contributed by atoms with Gasteiger partial charge in [0, 0.05) is 17.8 Å². The van der Waals surface area contributed by atoms with Crippen molar-refractivity contribution in [2.75, 3.05) is 15.9 Å². The van der Waals surface area contributed by atoms with Crippen LogP contribution in [0.5, 0.6) is 5.75 Å². The molecule has 0 saturated carbocycles. The van der Waals surface area contributed by atoms with E-state index in [4.69, 9.17) is 0 Å². The quantitative estimate of drug-likeness (QED) is 0.497. The van der Waals surface area contributed by atoms with Gasteiger partial charge in [-0.2, -0.15) is 0 Å². The number of hydrogen-bond donors (Lipinski definition) is 1. The minimum Gasteiger partial charge on any atom is -0.406 e. The fraction of sp³-hybridized carbons (Fsp3) is 0.278. The Morgan fingerprint density at radius 1 is 1.19 bits per heavy atom. The molecule has 2 rings (SSSR count). The zero-order chi connectivity index (χ0) is 23.6. The van der Waals surface area contributed by atoms with Crippen LogP contribution in [0.1, 0.15) is 12.5 Å². The summed E-state index contributed by atoms with van der Waals surface area (Å²) in [7, 11) is -4.04. The van der Waals surface area contributed by atoms with Gasteiger partial charge in [0.05, 0.1) is 16.9 Å². The molecule has 0 aromatic heterocycles. The molecule has 0 bridgehead atoms. The Morgan fingerprint density at radius 2 is 1.77 bits per heavy atom. The first-order valence-electron chi connectivity index (χ1n) is 8.60. The molecule has 0 aliphatic rings. The molecule has 0 saturated heterocycles. The summed E-state index contributed by atoms with van der Waals surface area (Å²) >= 11 is 0. The molecule has 2 aromatic rings.